The van der Waals surface area contributed by atoms with E-state index in [1.807, 2.05) is 24.3 Å². The van der Waals surface area contributed by atoms with Gasteiger partial charge in [0.25, 0.3) is 5.89 Å². The number of hydrogen-bond acceptors (Lipinski definition) is 6. The minimum absolute atomic E-state index is 0.101. The van der Waals surface area contributed by atoms with Crippen molar-refractivity contribution in [2.75, 3.05) is 0 Å². The van der Waals surface area contributed by atoms with Crippen LogP contribution in [0.2, 0.25) is 0 Å². The lowest BCUT2D eigenvalue weighted by atomic mass is 10.2. The summed E-state index contributed by atoms with van der Waals surface area (Å²) < 4.78 is 11.1. The van der Waals surface area contributed by atoms with Gasteiger partial charge in [-0.15, -0.1) is 0 Å². The number of esters is 1. The molecule has 7 heteroatoms. The molecule has 0 saturated carbocycles. The standard InChI is InChI=1S/C15H10BrN3O3/c16-11-5-3-4-10(8-11)14-18-13(22-19-14)9-21-15(20)12-6-1-2-7-17-12/h1-8H,9H2. The maximum absolute atomic E-state index is 11.8. The van der Waals surface area contributed by atoms with Crippen LogP contribution in [0, 0.1) is 0 Å². The summed E-state index contributed by atoms with van der Waals surface area (Å²) in [6, 6.07) is 12.5. The zero-order valence-electron chi connectivity index (χ0n) is 11.3. The first-order valence-electron chi connectivity index (χ1n) is 6.39. The lowest BCUT2D eigenvalue weighted by Gasteiger charge is -2.00. The first-order valence-corrected chi connectivity index (χ1v) is 7.18. The number of pyridine rings is 1. The molecule has 0 aliphatic heterocycles. The minimum Gasteiger partial charge on any atom is -0.451 e. The van der Waals surface area contributed by atoms with Crippen LogP contribution in [0.3, 0.4) is 0 Å². The number of carbonyl (C=O) groups excluding carboxylic acids is 1. The van der Waals surface area contributed by atoms with Gasteiger partial charge in [0.1, 0.15) is 5.69 Å². The average Bonchev–Trinajstić information content (AvgIpc) is 3.02. The van der Waals surface area contributed by atoms with Gasteiger partial charge in [-0.3, -0.25) is 0 Å². The van der Waals surface area contributed by atoms with Gasteiger partial charge in [-0.05, 0) is 24.3 Å². The predicted molar refractivity (Wildman–Crippen MR) is 80.8 cm³/mol. The normalized spacial score (nSPS) is 10.4. The molecule has 0 fully saturated rings. The molecule has 22 heavy (non-hydrogen) atoms. The molecule has 0 amide bonds. The number of hydrogen-bond donors (Lipinski definition) is 0. The molecule has 3 rings (SSSR count). The smallest absolute Gasteiger partial charge is 0.357 e. The highest BCUT2D eigenvalue weighted by molar-refractivity contribution is 9.10. The van der Waals surface area contributed by atoms with Gasteiger partial charge >= 0.3 is 5.97 Å². The number of ether oxygens (including phenoxy) is 1. The number of halogens is 1. The van der Waals surface area contributed by atoms with Crippen LogP contribution in [0.1, 0.15) is 16.4 Å². The summed E-state index contributed by atoms with van der Waals surface area (Å²) in [4.78, 5) is 19.9. The number of benzene rings is 1. The van der Waals surface area contributed by atoms with Crippen LogP contribution in [-0.2, 0) is 11.3 Å². The van der Waals surface area contributed by atoms with Crippen molar-refractivity contribution in [3.05, 3.63) is 64.7 Å². The van der Waals surface area contributed by atoms with Gasteiger partial charge in [0, 0.05) is 16.2 Å². The highest BCUT2D eigenvalue weighted by atomic mass is 79.9. The van der Waals surface area contributed by atoms with Crippen LogP contribution in [0.4, 0.5) is 0 Å². The molecule has 2 aromatic heterocycles. The fraction of sp³-hybridized carbons (Fsp3) is 0.0667. The van der Waals surface area contributed by atoms with Crippen molar-refractivity contribution in [2.24, 2.45) is 0 Å². The molecule has 0 saturated heterocycles. The highest BCUT2D eigenvalue weighted by Gasteiger charge is 2.13. The molecule has 0 N–H and O–H groups in total. The molecular formula is C15H10BrN3O3. The molecular weight excluding hydrogens is 350 g/mol. The predicted octanol–water partition coefficient (Wildman–Crippen LogP) is 3.25. The van der Waals surface area contributed by atoms with Gasteiger partial charge in [0.15, 0.2) is 6.61 Å². The van der Waals surface area contributed by atoms with E-state index in [1.165, 1.54) is 6.20 Å². The Morgan fingerprint density at radius 1 is 1.23 bits per heavy atom. The molecule has 110 valence electrons. The topological polar surface area (TPSA) is 78.1 Å². The van der Waals surface area contributed by atoms with Crippen LogP contribution in [0.15, 0.2) is 57.7 Å². The van der Waals surface area contributed by atoms with Crippen LogP contribution in [0.5, 0.6) is 0 Å². The Morgan fingerprint density at radius 3 is 2.91 bits per heavy atom. The Labute approximate surface area is 134 Å². The van der Waals surface area contributed by atoms with Crippen molar-refractivity contribution in [3.8, 4) is 11.4 Å². The first kappa shape index (κ1) is 14.4. The minimum atomic E-state index is -0.539. The van der Waals surface area contributed by atoms with E-state index in [-0.39, 0.29) is 18.2 Å². The van der Waals surface area contributed by atoms with Gasteiger partial charge in [0.2, 0.25) is 5.82 Å². The fourth-order valence-electron chi connectivity index (χ4n) is 1.74. The molecule has 0 aliphatic rings. The Kier molecular flexibility index (Phi) is 4.24. The second-order valence-electron chi connectivity index (χ2n) is 4.31. The van der Waals surface area contributed by atoms with Crippen LogP contribution in [-0.4, -0.2) is 21.1 Å². The zero-order valence-corrected chi connectivity index (χ0v) is 12.9. The van der Waals surface area contributed by atoms with Crippen LogP contribution >= 0.6 is 15.9 Å². The van der Waals surface area contributed by atoms with E-state index in [2.05, 4.69) is 31.1 Å². The second kappa shape index (κ2) is 6.48. The number of carbonyl (C=O) groups is 1. The third-order valence-electron chi connectivity index (χ3n) is 2.75. The molecule has 0 radical (unpaired) electrons. The maximum atomic E-state index is 11.8. The Hall–Kier alpha value is -2.54. The van der Waals surface area contributed by atoms with E-state index in [0.29, 0.717) is 5.82 Å². The van der Waals surface area contributed by atoms with Crippen molar-refractivity contribution in [2.45, 2.75) is 6.61 Å². The summed E-state index contributed by atoms with van der Waals surface area (Å²) in [5, 5.41) is 3.86. The van der Waals surface area contributed by atoms with Crippen molar-refractivity contribution in [3.63, 3.8) is 0 Å². The molecule has 3 aromatic rings. The third kappa shape index (κ3) is 3.37. The van der Waals surface area contributed by atoms with E-state index >= 15 is 0 Å². The van der Waals surface area contributed by atoms with Crippen molar-refractivity contribution < 1.29 is 14.1 Å². The van der Waals surface area contributed by atoms with Crippen molar-refractivity contribution >= 4 is 21.9 Å². The van der Waals surface area contributed by atoms with Gasteiger partial charge in [-0.25, -0.2) is 9.78 Å². The SMILES string of the molecule is O=C(OCc1nc(-c2cccc(Br)c2)no1)c1ccccn1. The molecule has 0 spiro atoms. The lowest BCUT2D eigenvalue weighted by molar-refractivity contribution is 0.0423. The van der Waals surface area contributed by atoms with E-state index in [1.54, 1.807) is 18.2 Å². The van der Waals surface area contributed by atoms with E-state index in [9.17, 15) is 4.79 Å². The summed E-state index contributed by atoms with van der Waals surface area (Å²) >= 11 is 3.38. The molecule has 6 nitrogen and oxygen atoms in total. The number of nitrogens with zero attached hydrogens (tertiary/aromatic N) is 3. The van der Waals surface area contributed by atoms with Gasteiger partial charge in [-0.2, -0.15) is 4.98 Å². The summed E-state index contributed by atoms with van der Waals surface area (Å²) in [7, 11) is 0. The quantitative estimate of drug-likeness (QED) is 0.665. The summed E-state index contributed by atoms with van der Waals surface area (Å²) in [5.41, 5.74) is 1.04. The van der Waals surface area contributed by atoms with E-state index in [0.717, 1.165) is 10.0 Å². The molecule has 1 aromatic carbocycles. The van der Waals surface area contributed by atoms with Crippen molar-refractivity contribution in [1.29, 1.82) is 0 Å². The summed E-state index contributed by atoms with van der Waals surface area (Å²) in [5.74, 6) is 0.118. The third-order valence-corrected chi connectivity index (χ3v) is 3.24. The number of rotatable bonds is 4. The Balaban J connectivity index is 1.66. The van der Waals surface area contributed by atoms with E-state index in [4.69, 9.17) is 9.26 Å². The maximum Gasteiger partial charge on any atom is 0.357 e. The molecule has 0 aliphatic carbocycles. The molecule has 0 bridgehead atoms. The summed E-state index contributed by atoms with van der Waals surface area (Å²) in [6.45, 7) is -0.101. The molecule has 0 unspecified atom stereocenters. The van der Waals surface area contributed by atoms with Crippen LogP contribution in [0.25, 0.3) is 11.4 Å². The van der Waals surface area contributed by atoms with E-state index < -0.39 is 5.97 Å². The van der Waals surface area contributed by atoms with Crippen LogP contribution < -0.4 is 0 Å². The zero-order chi connectivity index (χ0) is 15.4. The Morgan fingerprint density at radius 2 is 2.14 bits per heavy atom. The highest BCUT2D eigenvalue weighted by Crippen LogP contribution is 2.20. The Bertz CT molecular complexity index is 789. The molecule has 0 atom stereocenters. The van der Waals surface area contributed by atoms with Gasteiger partial charge in [-0.1, -0.05) is 39.3 Å². The fourth-order valence-corrected chi connectivity index (χ4v) is 2.14. The first-order chi connectivity index (χ1) is 10.7. The second-order valence-corrected chi connectivity index (χ2v) is 5.23. The lowest BCUT2D eigenvalue weighted by Crippen LogP contribution is -2.07. The summed E-state index contributed by atoms with van der Waals surface area (Å²) in [6.07, 6.45) is 1.52. The molecule has 2 heterocycles. The average molecular weight is 360 g/mol. The van der Waals surface area contributed by atoms with Gasteiger partial charge in [0.05, 0.1) is 0 Å². The van der Waals surface area contributed by atoms with Gasteiger partial charge < -0.3 is 9.26 Å². The monoisotopic (exact) mass is 359 g/mol. The largest absolute Gasteiger partial charge is 0.451 e. The number of aromatic nitrogens is 3. The van der Waals surface area contributed by atoms with Crippen molar-refractivity contribution in [1.82, 2.24) is 15.1 Å².